The van der Waals surface area contributed by atoms with Gasteiger partial charge in [-0.25, -0.2) is 0 Å². The van der Waals surface area contributed by atoms with Crippen molar-refractivity contribution >= 4 is 11.8 Å². The van der Waals surface area contributed by atoms with Gasteiger partial charge in [-0.15, -0.1) is 0 Å². The number of likely N-dealkylation sites (N-methyl/N-ethyl adjacent to an activating group) is 1. The lowest BCUT2D eigenvalue weighted by Gasteiger charge is -2.38. The Labute approximate surface area is 128 Å². The molecule has 1 unspecified atom stereocenters. The van der Waals surface area contributed by atoms with Gasteiger partial charge in [0, 0.05) is 19.6 Å². The molecule has 1 rings (SSSR count). The monoisotopic (exact) mass is 297 g/mol. The van der Waals surface area contributed by atoms with Crippen molar-refractivity contribution in [3.05, 3.63) is 0 Å². The maximum absolute atomic E-state index is 12.6. The number of nitrogens with one attached hydrogen (secondary N) is 1. The van der Waals surface area contributed by atoms with Crippen LogP contribution in [0, 0.1) is 11.3 Å². The average Bonchev–Trinajstić information content (AvgIpc) is 2.49. The Morgan fingerprint density at radius 3 is 2.24 bits per heavy atom. The molecule has 5 heteroatoms. The summed E-state index contributed by atoms with van der Waals surface area (Å²) < 4.78 is 0. The Morgan fingerprint density at radius 1 is 1.29 bits per heavy atom. The smallest absolute Gasteiger partial charge is 0.244 e. The zero-order chi connectivity index (χ0) is 16.0. The molecule has 2 amide bonds. The molecule has 0 spiro atoms. The predicted molar refractivity (Wildman–Crippen MR) is 84.7 cm³/mol. The number of carbonyl (C=O) groups is 2. The molecule has 0 saturated heterocycles. The number of rotatable bonds is 6. The van der Waals surface area contributed by atoms with E-state index in [4.69, 9.17) is 5.73 Å². The number of hydrogen-bond acceptors (Lipinski definition) is 3. The summed E-state index contributed by atoms with van der Waals surface area (Å²) in [5.41, 5.74) is 5.41. The quantitative estimate of drug-likeness (QED) is 0.780. The van der Waals surface area contributed by atoms with E-state index in [-0.39, 0.29) is 11.8 Å². The Morgan fingerprint density at radius 2 is 1.81 bits per heavy atom. The van der Waals surface area contributed by atoms with Gasteiger partial charge in [0.2, 0.25) is 11.8 Å². The van der Waals surface area contributed by atoms with E-state index >= 15 is 0 Å². The van der Waals surface area contributed by atoms with Gasteiger partial charge in [0.05, 0.1) is 5.41 Å². The standard InChI is InChI=1S/C16H31N3O2/c1-5-19(6-2)14(20)13(4)18-15(21)16(11-17)9-7-12(3)8-10-16/h12-13H,5-11,17H2,1-4H3,(H,18,21). The number of carbonyl (C=O) groups excluding carboxylic acids is 2. The number of nitrogens with zero attached hydrogens (tertiary/aromatic N) is 1. The van der Waals surface area contributed by atoms with Gasteiger partial charge in [0.25, 0.3) is 0 Å². The van der Waals surface area contributed by atoms with E-state index < -0.39 is 11.5 Å². The SMILES string of the molecule is CCN(CC)C(=O)C(C)NC(=O)C1(CN)CCC(C)CC1. The first-order valence-electron chi connectivity index (χ1n) is 8.20. The molecule has 122 valence electrons. The van der Waals surface area contributed by atoms with Crippen molar-refractivity contribution in [3.63, 3.8) is 0 Å². The van der Waals surface area contributed by atoms with Gasteiger partial charge in [0.1, 0.15) is 6.04 Å². The van der Waals surface area contributed by atoms with Crippen LogP contribution in [0.4, 0.5) is 0 Å². The molecule has 1 fully saturated rings. The zero-order valence-corrected chi connectivity index (χ0v) is 13.9. The van der Waals surface area contributed by atoms with E-state index in [0.717, 1.165) is 25.7 Å². The predicted octanol–water partition coefficient (Wildman–Crippen LogP) is 1.51. The van der Waals surface area contributed by atoms with Crippen molar-refractivity contribution in [2.45, 2.75) is 59.4 Å². The number of nitrogens with two attached hydrogens (primary N) is 1. The molecule has 0 aromatic heterocycles. The largest absolute Gasteiger partial charge is 0.344 e. The van der Waals surface area contributed by atoms with Gasteiger partial charge in [0.15, 0.2) is 0 Å². The van der Waals surface area contributed by atoms with Crippen LogP contribution in [0.15, 0.2) is 0 Å². The van der Waals surface area contributed by atoms with E-state index in [1.165, 1.54) is 0 Å². The van der Waals surface area contributed by atoms with Crippen molar-refractivity contribution in [2.24, 2.45) is 17.1 Å². The van der Waals surface area contributed by atoms with Gasteiger partial charge in [-0.2, -0.15) is 0 Å². The third-order valence-electron chi connectivity index (χ3n) is 4.90. The van der Waals surface area contributed by atoms with Crippen LogP contribution >= 0.6 is 0 Å². The minimum Gasteiger partial charge on any atom is -0.344 e. The second-order valence-electron chi connectivity index (χ2n) is 6.37. The Balaban J connectivity index is 2.68. The molecule has 0 radical (unpaired) electrons. The molecular formula is C16H31N3O2. The fourth-order valence-electron chi connectivity index (χ4n) is 3.06. The first-order chi connectivity index (χ1) is 9.90. The van der Waals surface area contributed by atoms with Crippen LogP contribution in [0.2, 0.25) is 0 Å². The molecule has 3 N–H and O–H groups in total. The van der Waals surface area contributed by atoms with Crippen molar-refractivity contribution in [2.75, 3.05) is 19.6 Å². The summed E-state index contributed by atoms with van der Waals surface area (Å²) in [6, 6.07) is -0.486. The minimum atomic E-state index is -0.486. The fourth-order valence-corrected chi connectivity index (χ4v) is 3.06. The van der Waals surface area contributed by atoms with E-state index in [1.54, 1.807) is 11.8 Å². The highest BCUT2D eigenvalue weighted by atomic mass is 16.2. The van der Waals surface area contributed by atoms with Crippen LogP contribution in [0.3, 0.4) is 0 Å². The number of amides is 2. The summed E-state index contributed by atoms with van der Waals surface area (Å²) in [4.78, 5) is 26.6. The summed E-state index contributed by atoms with van der Waals surface area (Å²) >= 11 is 0. The molecule has 0 aliphatic heterocycles. The average molecular weight is 297 g/mol. The molecule has 0 aromatic rings. The first kappa shape index (κ1) is 18.0. The lowest BCUT2D eigenvalue weighted by atomic mass is 9.70. The van der Waals surface area contributed by atoms with Crippen LogP contribution < -0.4 is 11.1 Å². The summed E-state index contributed by atoms with van der Waals surface area (Å²) in [5, 5.41) is 2.89. The zero-order valence-electron chi connectivity index (χ0n) is 13.9. The maximum atomic E-state index is 12.6. The molecule has 5 nitrogen and oxygen atoms in total. The highest BCUT2D eigenvalue weighted by Crippen LogP contribution is 2.38. The van der Waals surface area contributed by atoms with Crippen LogP contribution in [-0.4, -0.2) is 42.4 Å². The Bertz CT molecular complexity index is 359. The van der Waals surface area contributed by atoms with Crippen molar-refractivity contribution in [1.29, 1.82) is 0 Å². The highest BCUT2D eigenvalue weighted by Gasteiger charge is 2.40. The molecule has 0 bridgehead atoms. The minimum absolute atomic E-state index is 0.0234. The van der Waals surface area contributed by atoms with Gasteiger partial charge in [-0.3, -0.25) is 9.59 Å². The third-order valence-corrected chi connectivity index (χ3v) is 4.90. The van der Waals surface area contributed by atoms with Crippen molar-refractivity contribution in [1.82, 2.24) is 10.2 Å². The van der Waals surface area contributed by atoms with Gasteiger partial charge in [-0.05, 0) is 52.4 Å². The lowest BCUT2D eigenvalue weighted by Crippen LogP contribution is -2.54. The van der Waals surface area contributed by atoms with Crippen molar-refractivity contribution in [3.8, 4) is 0 Å². The van der Waals surface area contributed by atoms with Crippen LogP contribution in [-0.2, 0) is 9.59 Å². The molecular weight excluding hydrogens is 266 g/mol. The van der Waals surface area contributed by atoms with Crippen LogP contribution in [0.1, 0.15) is 53.4 Å². The molecule has 1 saturated carbocycles. The van der Waals surface area contributed by atoms with Gasteiger partial charge < -0.3 is 16.0 Å². The Hall–Kier alpha value is -1.10. The van der Waals surface area contributed by atoms with Crippen molar-refractivity contribution < 1.29 is 9.59 Å². The van der Waals surface area contributed by atoms with E-state index in [1.807, 2.05) is 13.8 Å². The topological polar surface area (TPSA) is 75.4 Å². The second-order valence-corrected chi connectivity index (χ2v) is 6.37. The summed E-state index contributed by atoms with van der Waals surface area (Å²) in [7, 11) is 0. The lowest BCUT2D eigenvalue weighted by molar-refractivity contribution is -0.140. The van der Waals surface area contributed by atoms with E-state index in [2.05, 4.69) is 12.2 Å². The molecule has 0 aromatic carbocycles. The fraction of sp³-hybridized carbons (Fsp3) is 0.875. The molecule has 1 aliphatic carbocycles. The summed E-state index contributed by atoms with van der Waals surface area (Å²) in [6.07, 6.45) is 3.71. The summed E-state index contributed by atoms with van der Waals surface area (Å²) in [5.74, 6) is 0.585. The first-order valence-corrected chi connectivity index (χ1v) is 8.20. The second kappa shape index (κ2) is 7.78. The van der Waals surface area contributed by atoms with Gasteiger partial charge in [-0.1, -0.05) is 6.92 Å². The summed E-state index contributed by atoms with van der Waals surface area (Å²) in [6.45, 7) is 9.54. The maximum Gasteiger partial charge on any atom is 0.244 e. The Kier molecular flexibility index (Phi) is 6.65. The third kappa shape index (κ3) is 4.19. The van der Waals surface area contributed by atoms with Gasteiger partial charge >= 0.3 is 0 Å². The highest BCUT2D eigenvalue weighted by molar-refractivity contribution is 5.90. The number of hydrogen-bond donors (Lipinski definition) is 2. The molecule has 1 atom stereocenters. The molecule has 0 heterocycles. The van der Waals surface area contributed by atoms with Crippen LogP contribution in [0.5, 0.6) is 0 Å². The molecule has 21 heavy (non-hydrogen) atoms. The normalized spacial score (nSPS) is 27.0. The van der Waals surface area contributed by atoms with Crippen LogP contribution in [0.25, 0.3) is 0 Å². The molecule has 1 aliphatic rings. The van der Waals surface area contributed by atoms with E-state index in [0.29, 0.717) is 25.6 Å². The van der Waals surface area contributed by atoms with E-state index in [9.17, 15) is 9.59 Å².